The van der Waals surface area contributed by atoms with Crippen LogP contribution in [0, 0.1) is 0 Å². The Labute approximate surface area is 83.2 Å². The van der Waals surface area contributed by atoms with Crippen molar-refractivity contribution in [2.24, 2.45) is 4.99 Å². The normalized spacial score (nSPS) is 13.8. The molecule has 2 rings (SSSR count). The van der Waals surface area contributed by atoms with Crippen molar-refractivity contribution in [2.75, 3.05) is 0 Å². The number of fused-ring (bicyclic) bond motifs is 1. The summed E-state index contributed by atoms with van der Waals surface area (Å²) in [6.07, 6.45) is 0. The first-order valence-electron chi connectivity index (χ1n) is 3.75. The molecule has 1 aromatic rings. The smallest absolute Gasteiger partial charge is 0.335 e. The highest BCUT2D eigenvalue weighted by Crippen LogP contribution is 2.22. The van der Waals surface area contributed by atoms with E-state index in [0.717, 1.165) is 15.7 Å². The van der Waals surface area contributed by atoms with Crippen molar-refractivity contribution in [1.82, 2.24) is 0 Å². The van der Waals surface area contributed by atoms with Gasteiger partial charge in [0.25, 0.3) is 0 Å². The Kier molecular flexibility index (Phi) is 1.92. The van der Waals surface area contributed by atoms with Crippen LogP contribution >= 0.6 is 15.9 Å². The molecular weight excluding hydrogens is 234 g/mol. The summed E-state index contributed by atoms with van der Waals surface area (Å²) in [5, 5.41) is 8.73. The number of carboxylic acid groups (broad SMARTS) is 1. The molecule has 1 N–H and O–H groups in total. The number of carbonyl (C=O) groups is 1. The molecule has 0 radical (unpaired) electrons. The summed E-state index contributed by atoms with van der Waals surface area (Å²) >= 11 is 3.30. The summed E-state index contributed by atoms with van der Waals surface area (Å²) in [5.74, 6) is -0.897. The first-order chi connectivity index (χ1) is 6.18. The van der Waals surface area contributed by atoms with Gasteiger partial charge in [0, 0.05) is 5.56 Å². The van der Waals surface area contributed by atoms with Gasteiger partial charge in [-0.3, -0.25) is 4.99 Å². The third kappa shape index (κ3) is 1.37. The number of halogens is 1. The lowest BCUT2D eigenvalue weighted by molar-refractivity contribution is 0.0697. The van der Waals surface area contributed by atoms with Crippen molar-refractivity contribution in [1.29, 1.82) is 0 Å². The second-order valence-corrected chi connectivity index (χ2v) is 3.54. The quantitative estimate of drug-likeness (QED) is 0.816. The molecular formula is C9H6BrNO2. The van der Waals surface area contributed by atoms with Gasteiger partial charge in [0.2, 0.25) is 0 Å². The zero-order valence-corrected chi connectivity index (χ0v) is 8.21. The molecule has 0 bridgehead atoms. The molecule has 0 saturated heterocycles. The minimum atomic E-state index is -0.897. The standard InChI is InChI=1S/C9H6BrNO2/c10-8-7-2-1-5(9(12)13)3-6(7)4-11-8/h1-3H,4H2,(H,12,13). The van der Waals surface area contributed by atoms with Crippen molar-refractivity contribution >= 4 is 26.5 Å². The Bertz CT molecular complexity index is 412. The van der Waals surface area contributed by atoms with Crippen LogP contribution in [0.15, 0.2) is 23.2 Å². The third-order valence-corrected chi connectivity index (χ3v) is 2.64. The molecule has 0 amide bonds. The molecule has 0 fully saturated rings. The van der Waals surface area contributed by atoms with Gasteiger partial charge in [0.05, 0.1) is 12.1 Å². The summed E-state index contributed by atoms with van der Waals surface area (Å²) in [7, 11) is 0. The molecule has 0 atom stereocenters. The van der Waals surface area contributed by atoms with Gasteiger partial charge in [-0.1, -0.05) is 6.07 Å². The van der Waals surface area contributed by atoms with Crippen molar-refractivity contribution < 1.29 is 9.90 Å². The van der Waals surface area contributed by atoms with Crippen LogP contribution in [0.3, 0.4) is 0 Å². The predicted octanol–water partition coefficient (Wildman–Crippen LogP) is 2.04. The number of benzene rings is 1. The van der Waals surface area contributed by atoms with Gasteiger partial charge in [-0.2, -0.15) is 0 Å². The maximum absolute atomic E-state index is 10.6. The Morgan fingerprint density at radius 2 is 2.31 bits per heavy atom. The first-order valence-corrected chi connectivity index (χ1v) is 4.54. The van der Waals surface area contributed by atoms with Gasteiger partial charge < -0.3 is 5.11 Å². The minimum Gasteiger partial charge on any atom is -0.478 e. The van der Waals surface area contributed by atoms with Gasteiger partial charge in [-0.25, -0.2) is 4.79 Å². The fourth-order valence-corrected chi connectivity index (χ4v) is 1.81. The van der Waals surface area contributed by atoms with E-state index in [1.807, 2.05) is 0 Å². The van der Waals surface area contributed by atoms with E-state index >= 15 is 0 Å². The predicted molar refractivity (Wildman–Crippen MR) is 52.6 cm³/mol. The molecule has 1 heterocycles. The Hall–Kier alpha value is -1.16. The molecule has 0 spiro atoms. The second kappa shape index (κ2) is 2.96. The highest BCUT2D eigenvalue weighted by molar-refractivity contribution is 9.18. The zero-order valence-electron chi connectivity index (χ0n) is 6.62. The van der Waals surface area contributed by atoms with Crippen molar-refractivity contribution in [3.63, 3.8) is 0 Å². The molecule has 66 valence electrons. The van der Waals surface area contributed by atoms with E-state index < -0.39 is 5.97 Å². The van der Waals surface area contributed by atoms with Crippen LogP contribution in [0.25, 0.3) is 0 Å². The van der Waals surface area contributed by atoms with Crippen LogP contribution < -0.4 is 0 Å². The van der Waals surface area contributed by atoms with Gasteiger partial charge in [0.1, 0.15) is 4.62 Å². The lowest BCUT2D eigenvalue weighted by Crippen LogP contribution is -1.98. The van der Waals surface area contributed by atoms with Crippen LogP contribution in [-0.4, -0.2) is 15.7 Å². The first kappa shape index (κ1) is 8.44. The number of hydrogen-bond acceptors (Lipinski definition) is 2. The molecule has 0 unspecified atom stereocenters. The van der Waals surface area contributed by atoms with Crippen molar-refractivity contribution in [2.45, 2.75) is 6.54 Å². The van der Waals surface area contributed by atoms with Gasteiger partial charge in [0.15, 0.2) is 0 Å². The van der Waals surface area contributed by atoms with E-state index in [4.69, 9.17) is 5.11 Å². The third-order valence-electron chi connectivity index (χ3n) is 1.96. The minimum absolute atomic E-state index is 0.316. The summed E-state index contributed by atoms with van der Waals surface area (Å²) in [6, 6.07) is 5.03. The fraction of sp³-hybridized carbons (Fsp3) is 0.111. The average Bonchev–Trinajstić information content (AvgIpc) is 2.47. The van der Waals surface area contributed by atoms with E-state index in [1.165, 1.54) is 0 Å². The molecule has 3 nitrogen and oxygen atoms in total. The molecule has 1 aliphatic heterocycles. The zero-order chi connectivity index (χ0) is 9.42. The fourth-order valence-electron chi connectivity index (χ4n) is 1.30. The number of carboxylic acids is 1. The molecule has 0 saturated carbocycles. The molecule has 1 aliphatic rings. The van der Waals surface area contributed by atoms with Gasteiger partial charge in [-0.05, 0) is 33.6 Å². The van der Waals surface area contributed by atoms with Crippen LogP contribution in [0.1, 0.15) is 21.5 Å². The Morgan fingerprint density at radius 3 is 3.00 bits per heavy atom. The van der Waals surface area contributed by atoms with Crippen LogP contribution in [0.5, 0.6) is 0 Å². The largest absolute Gasteiger partial charge is 0.478 e. The monoisotopic (exact) mass is 239 g/mol. The SMILES string of the molecule is O=C(O)c1ccc2c(c1)CN=C2Br. The van der Waals surface area contributed by atoms with Crippen LogP contribution in [-0.2, 0) is 6.54 Å². The number of aliphatic imine (C=N–C) groups is 1. The molecule has 13 heavy (non-hydrogen) atoms. The van der Waals surface area contributed by atoms with Crippen molar-refractivity contribution in [3.8, 4) is 0 Å². The number of hydrogen-bond donors (Lipinski definition) is 1. The summed E-state index contributed by atoms with van der Waals surface area (Å²) in [6.45, 7) is 0.567. The maximum Gasteiger partial charge on any atom is 0.335 e. The number of aromatic carboxylic acids is 1. The number of rotatable bonds is 1. The number of nitrogens with zero attached hydrogens (tertiary/aromatic N) is 1. The average molecular weight is 240 g/mol. The van der Waals surface area contributed by atoms with Gasteiger partial charge >= 0.3 is 5.97 Å². The van der Waals surface area contributed by atoms with Crippen LogP contribution in [0.4, 0.5) is 0 Å². The molecule has 1 aromatic carbocycles. The lowest BCUT2D eigenvalue weighted by Gasteiger charge is -1.99. The highest BCUT2D eigenvalue weighted by atomic mass is 79.9. The lowest BCUT2D eigenvalue weighted by atomic mass is 10.1. The van der Waals surface area contributed by atoms with E-state index in [-0.39, 0.29) is 0 Å². The van der Waals surface area contributed by atoms with E-state index in [1.54, 1.807) is 18.2 Å². The molecule has 0 aromatic heterocycles. The summed E-state index contributed by atoms with van der Waals surface area (Å²) < 4.78 is 0.805. The van der Waals surface area contributed by atoms with E-state index in [2.05, 4.69) is 20.9 Å². The Balaban J connectivity index is 2.49. The van der Waals surface area contributed by atoms with Crippen molar-refractivity contribution in [3.05, 3.63) is 34.9 Å². The van der Waals surface area contributed by atoms with Gasteiger partial charge in [-0.15, -0.1) is 0 Å². The molecule has 4 heteroatoms. The molecule has 0 aliphatic carbocycles. The maximum atomic E-state index is 10.6. The highest BCUT2D eigenvalue weighted by Gasteiger charge is 2.15. The summed E-state index contributed by atoms with van der Waals surface area (Å²) in [5.41, 5.74) is 2.27. The van der Waals surface area contributed by atoms with E-state index in [9.17, 15) is 4.79 Å². The van der Waals surface area contributed by atoms with E-state index in [0.29, 0.717) is 12.1 Å². The Morgan fingerprint density at radius 1 is 1.54 bits per heavy atom. The topological polar surface area (TPSA) is 49.7 Å². The summed E-state index contributed by atoms with van der Waals surface area (Å²) in [4.78, 5) is 14.8. The van der Waals surface area contributed by atoms with Crippen LogP contribution in [0.2, 0.25) is 0 Å². The second-order valence-electron chi connectivity index (χ2n) is 2.78.